The molecule has 0 aliphatic heterocycles. The molecule has 0 spiro atoms. The summed E-state index contributed by atoms with van der Waals surface area (Å²) >= 11 is 0. The largest absolute Gasteiger partial charge is 1.00 e. The minimum atomic E-state index is 0. The molecule has 16 heteroatoms. The molecule has 4 radical (unpaired) electrons. The SMILES string of the molecule is O.O.O.O.O.O.O.[Co].[Co].[H-].[H-].[H-].[Li+].[Li+].[Li+].[Mn].[Mn].[Ni].[Ni]. The van der Waals surface area contributed by atoms with Crippen LogP contribution in [0.15, 0.2) is 0 Å². The number of hydrogen-bond donors (Lipinski definition) is 0. The predicted molar refractivity (Wildman–Crippen MR) is 28.6 cm³/mol. The van der Waals surface area contributed by atoms with Gasteiger partial charge in [0, 0.05) is 101 Å². The van der Waals surface area contributed by atoms with E-state index in [1.165, 1.54) is 0 Å². The molecule has 0 bridgehead atoms. The first-order valence-electron chi connectivity index (χ1n) is 0. The Morgan fingerprint density at radius 3 is 0.375 bits per heavy atom. The van der Waals surface area contributed by atoms with Gasteiger partial charge in [0.05, 0.1) is 0 Å². The quantitative estimate of drug-likeness (QED) is 0.286. The van der Waals surface area contributed by atoms with Gasteiger partial charge in [-0.05, 0) is 0 Å². The van der Waals surface area contributed by atoms with Gasteiger partial charge >= 0.3 is 56.6 Å². The number of rotatable bonds is 0. The Bertz CT molecular complexity index is 45.5. The fourth-order valence-corrected chi connectivity index (χ4v) is 0. The molecule has 0 aliphatic carbocycles. The molecule has 0 fully saturated rings. The monoisotopic (exact) mass is 494 g/mol. The molecule has 0 unspecified atom stereocenters. The van der Waals surface area contributed by atoms with Crippen LogP contribution in [0.5, 0.6) is 0 Å². The van der Waals surface area contributed by atoms with Crippen LogP contribution in [-0.2, 0) is 101 Å². The van der Waals surface area contributed by atoms with E-state index in [2.05, 4.69) is 0 Å². The summed E-state index contributed by atoms with van der Waals surface area (Å²) in [5.41, 5.74) is 0. The van der Waals surface area contributed by atoms with Crippen LogP contribution < -0.4 is 56.6 Å². The normalized spacial score (nSPS) is 0. The van der Waals surface area contributed by atoms with Crippen LogP contribution >= 0.6 is 0 Å². The van der Waals surface area contributed by atoms with E-state index < -0.39 is 0 Å². The summed E-state index contributed by atoms with van der Waals surface area (Å²) in [5.74, 6) is 0. The van der Waals surface area contributed by atoms with Crippen molar-refractivity contribution in [1.82, 2.24) is 0 Å². The van der Waals surface area contributed by atoms with E-state index >= 15 is 0 Å². The molecule has 16 heavy (non-hydrogen) atoms. The van der Waals surface area contributed by atoms with Gasteiger partial charge in [0.25, 0.3) is 0 Å². The van der Waals surface area contributed by atoms with Crippen LogP contribution in [0.2, 0.25) is 0 Å². The average molecular weight is 495 g/mol. The predicted octanol–water partition coefficient (Wildman–Crippen LogP) is -14.4. The smallest absolute Gasteiger partial charge is 1.00 e. The third kappa shape index (κ3) is 276. The fraction of sp³-hybridized carbons (Fsp3) is 0. The average Bonchev–Trinajstić information content (AvgIpc) is 0. The first kappa shape index (κ1) is 379. The Balaban J connectivity index is 0. The zero-order valence-electron chi connectivity index (χ0n) is 11.6. The van der Waals surface area contributed by atoms with Crippen molar-refractivity contribution < 1.29 is 200 Å². The van der Waals surface area contributed by atoms with Crippen LogP contribution in [-0.4, -0.2) is 38.3 Å². The molecular formula is H17Co2Li3Mn2Ni2O7. The van der Waals surface area contributed by atoms with Crippen LogP contribution in [0.1, 0.15) is 4.28 Å². The Morgan fingerprint density at radius 2 is 0.375 bits per heavy atom. The Morgan fingerprint density at radius 1 is 0.375 bits per heavy atom. The van der Waals surface area contributed by atoms with Gasteiger partial charge in [-0.3, -0.25) is 0 Å². The summed E-state index contributed by atoms with van der Waals surface area (Å²) in [6.07, 6.45) is 0. The summed E-state index contributed by atoms with van der Waals surface area (Å²) in [4.78, 5) is 0. The molecule has 114 valence electrons. The molecule has 0 amide bonds. The summed E-state index contributed by atoms with van der Waals surface area (Å²) in [6, 6.07) is 0. The second-order valence-electron chi connectivity index (χ2n) is 0. The summed E-state index contributed by atoms with van der Waals surface area (Å²) < 4.78 is 0. The van der Waals surface area contributed by atoms with Gasteiger partial charge in [-0.15, -0.1) is 0 Å². The van der Waals surface area contributed by atoms with E-state index in [-0.39, 0.29) is 200 Å². The van der Waals surface area contributed by atoms with Crippen LogP contribution in [0.4, 0.5) is 0 Å². The van der Waals surface area contributed by atoms with E-state index in [0.717, 1.165) is 0 Å². The van der Waals surface area contributed by atoms with Crippen LogP contribution in [0, 0.1) is 0 Å². The Kier molecular flexibility index (Phi) is 7700. The van der Waals surface area contributed by atoms with E-state index in [4.69, 9.17) is 0 Å². The zero-order chi connectivity index (χ0) is 0. The maximum Gasteiger partial charge on any atom is 1.00 e. The maximum atomic E-state index is 0. The second-order valence-corrected chi connectivity index (χ2v) is 0. The summed E-state index contributed by atoms with van der Waals surface area (Å²) in [6.45, 7) is 0. The van der Waals surface area contributed by atoms with Crippen molar-refractivity contribution in [3.8, 4) is 0 Å². The number of hydrogen-bond acceptors (Lipinski definition) is 0. The third-order valence-corrected chi connectivity index (χ3v) is 0. The maximum absolute atomic E-state index is 0. The van der Waals surface area contributed by atoms with Gasteiger partial charge in [0.15, 0.2) is 0 Å². The molecule has 0 aliphatic rings. The van der Waals surface area contributed by atoms with Crippen LogP contribution in [0.25, 0.3) is 0 Å². The minimum Gasteiger partial charge on any atom is -1.00 e. The van der Waals surface area contributed by atoms with E-state index in [1.807, 2.05) is 0 Å². The molecule has 0 aromatic rings. The van der Waals surface area contributed by atoms with Gasteiger partial charge in [-0.1, -0.05) is 0 Å². The van der Waals surface area contributed by atoms with E-state index in [9.17, 15) is 0 Å². The fourth-order valence-electron chi connectivity index (χ4n) is 0. The van der Waals surface area contributed by atoms with Crippen molar-refractivity contribution in [3.63, 3.8) is 0 Å². The van der Waals surface area contributed by atoms with Crippen molar-refractivity contribution in [2.24, 2.45) is 0 Å². The molecule has 7 nitrogen and oxygen atoms in total. The van der Waals surface area contributed by atoms with Crippen molar-refractivity contribution >= 4 is 0 Å². The third-order valence-electron chi connectivity index (χ3n) is 0. The molecule has 0 rings (SSSR count). The molecule has 0 aromatic carbocycles. The first-order chi connectivity index (χ1) is 0. The molecule has 0 saturated carbocycles. The molecule has 0 atom stereocenters. The van der Waals surface area contributed by atoms with Crippen molar-refractivity contribution in [1.29, 1.82) is 0 Å². The second kappa shape index (κ2) is 325. The van der Waals surface area contributed by atoms with Crippen molar-refractivity contribution in [2.45, 2.75) is 0 Å². The van der Waals surface area contributed by atoms with Crippen molar-refractivity contribution in [2.75, 3.05) is 0 Å². The van der Waals surface area contributed by atoms with Gasteiger partial charge in [0.2, 0.25) is 0 Å². The molecule has 0 aromatic heterocycles. The first-order valence-corrected chi connectivity index (χ1v) is 0. The minimum absolute atomic E-state index is 0. The Hall–Kier alpha value is 4.55. The van der Waals surface area contributed by atoms with Gasteiger partial charge in [0.1, 0.15) is 0 Å². The standard InChI is InChI=1S/2Co.3Li.2Mn.2Ni.7H2O.3H/h;;;;;;;;;7*1H2;;;/q;;3*+1;;;;;;;;;;;;3*-1. The van der Waals surface area contributed by atoms with Gasteiger partial charge in [-0.25, -0.2) is 0 Å². The summed E-state index contributed by atoms with van der Waals surface area (Å²) in [5, 5.41) is 0. The topological polar surface area (TPSA) is 220 Å². The van der Waals surface area contributed by atoms with Crippen LogP contribution in [0.3, 0.4) is 0 Å². The van der Waals surface area contributed by atoms with Gasteiger partial charge in [-0.2, -0.15) is 0 Å². The Labute approximate surface area is 197 Å². The summed E-state index contributed by atoms with van der Waals surface area (Å²) in [7, 11) is 0. The van der Waals surface area contributed by atoms with E-state index in [0.29, 0.717) is 0 Å². The van der Waals surface area contributed by atoms with E-state index in [1.54, 1.807) is 0 Å². The molecule has 0 saturated heterocycles. The molecular weight excluding hydrogens is 478 g/mol. The molecule has 14 N–H and O–H groups in total. The molecule has 0 heterocycles. The zero-order valence-corrected chi connectivity index (χ0v) is 15.0. The van der Waals surface area contributed by atoms with Gasteiger partial charge < -0.3 is 42.6 Å². The van der Waals surface area contributed by atoms with Crippen molar-refractivity contribution in [3.05, 3.63) is 0 Å².